The van der Waals surface area contributed by atoms with Gasteiger partial charge in [-0.2, -0.15) is 0 Å². The Labute approximate surface area is 210 Å². The number of carbonyl (C=O) groups is 4. The average Bonchev–Trinajstić information content (AvgIpc) is 2.85. The van der Waals surface area contributed by atoms with Crippen LogP contribution in [0.1, 0.15) is 13.8 Å². The molecule has 2 aliphatic heterocycles. The highest BCUT2D eigenvalue weighted by molar-refractivity contribution is 6.37. The van der Waals surface area contributed by atoms with E-state index in [0.717, 1.165) is 6.08 Å². The lowest BCUT2D eigenvalue weighted by Gasteiger charge is -2.49. The number of Topliss-reactive ketones (excluding diaryl/α,β-unsaturated/α-hetero) is 3. The molecule has 1 aliphatic carbocycles. The van der Waals surface area contributed by atoms with Crippen molar-refractivity contribution in [2.45, 2.75) is 74.4 Å². The van der Waals surface area contributed by atoms with Gasteiger partial charge < -0.3 is 50.3 Å². The second-order valence-electron chi connectivity index (χ2n) is 9.67. The third kappa shape index (κ3) is 4.71. The summed E-state index contributed by atoms with van der Waals surface area (Å²) in [6, 6.07) is 0. The molecule has 0 radical (unpaired) electrons. The molecule has 0 aromatic carbocycles. The zero-order chi connectivity index (χ0) is 28.0. The highest BCUT2D eigenvalue weighted by Gasteiger charge is 2.69. The first-order chi connectivity index (χ1) is 17.2. The maximum absolute atomic E-state index is 13.6. The van der Waals surface area contributed by atoms with E-state index in [0.29, 0.717) is 0 Å². The van der Waals surface area contributed by atoms with Gasteiger partial charge in [-0.25, -0.2) is 0 Å². The van der Waals surface area contributed by atoms with Crippen molar-refractivity contribution in [1.29, 1.82) is 0 Å². The molecule has 0 amide bonds. The number of hydrogen-bond donors (Lipinski definition) is 8. The Balaban J connectivity index is 2.12. The van der Waals surface area contributed by atoms with Crippen molar-refractivity contribution in [1.82, 2.24) is 0 Å². The number of hydrogen-bond acceptors (Lipinski definition) is 14. The van der Waals surface area contributed by atoms with Crippen LogP contribution in [0.4, 0.5) is 0 Å². The summed E-state index contributed by atoms with van der Waals surface area (Å²) in [6.45, 7) is 1.42. The van der Waals surface area contributed by atoms with Crippen molar-refractivity contribution in [3.05, 3.63) is 12.2 Å². The maximum Gasteiger partial charge on any atom is 0.212 e. The normalized spacial score (nSPS) is 46.3. The fourth-order valence-electron chi connectivity index (χ4n) is 5.07. The number of ketones is 4. The van der Waals surface area contributed by atoms with Crippen LogP contribution >= 0.6 is 0 Å². The summed E-state index contributed by atoms with van der Waals surface area (Å²) >= 11 is 0. The second kappa shape index (κ2) is 11.0. The average molecular weight is 532 g/mol. The molecule has 0 aromatic heterocycles. The van der Waals surface area contributed by atoms with Crippen LogP contribution in [0, 0.1) is 17.8 Å². The van der Waals surface area contributed by atoms with Gasteiger partial charge in [-0.1, -0.05) is 13.0 Å². The molecule has 37 heavy (non-hydrogen) atoms. The molecule has 3 rings (SSSR count). The molecule has 3 fully saturated rings. The molecule has 0 spiro atoms. The Morgan fingerprint density at radius 2 is 1.68 bits per heavy atom. The molecule has 14 nitrogen and oxygen atoms in total. The predicted molar refractivity (Wildman–Crippen MR) is 117 cm³/mol. The highest BCUT2D eigenvalue weighted by Crippen LogP contribution is 2.40. The fraction of sp³-hybridized carbons (Fsp3) is 0.739. The van der Waals surface area contributed by atoms with Gasteiger partial charge in [0.1, 0.15) is 48.5 Å². The molecule has 2 saturated heterocycles. The first kappa shape index (κ1) is 29.6. The van der Waals surface area contributed by atoms with Gasteiger partial charge in [-0.05, 0) is 13.0 Å². The van der Waals surface area contributed by atoms with E-state index >= 15 is 0 Å². The van der Waals surface area contributed by atoms with Gasteiger partial charge in [0.25, 0.3) is 0 Å². The van der Waals surface area contributed by atoms with E-state index in [9.17, 15) is 60.0 Å². The van der Waals surface area contributed by atoms with Crippen molar-refractivity contribution >= 4 is 23.1 Å². The van der Waals surface area contributed by atoms with Gasteiger partial charge in [0.05, 0.1) is 31.5 Å². The number of carbonyl (C=O) groups excluding carboxylic acids is 4. The third-order valence-corrected chi connectivity index (χ3v) is 7.43. The second-order valence-corrected chi connectivity index (χ2v) is 9.67. The van der Waals surface area contributed by atoms with Gasteiger partial charge in [0.2, 0.25) is 5.60 Å². The zero-order valence-corrected chi connectivity index (χ0v) is 20.0. The minimum Gasteiger partial charge on any atom is -0.394 e. The van der Waals surface area contributed by atoms with Crippen LogP contribution in [-0.4, -0.2) is 138 Å². The minimum atomic E-state index is -3.51. The number of ether oxygens (including phenoxy) is 2. The van der Waals surface area contributed by atoms with Crippen LogP contribution in [0.15, 0.2) is 12.2 Å². The van der Waals surface area contributed by atoms with Crippen LogP contribution in [0.3, 0.4) is 0 Å². The minimum absolute atomic E-state index is 0.397. The number of allylic oxidation sites excluding steroid dienone is 2. The van der Waals surface area contributed by atoms with Gasteiger partial charge in [-0.15, -0.1) is 0 Å². The van der Waals surface area contributed by atoms with Crippen LogP contribution in [-0.2, 0) is 28.7 Å². The summed E-state index contributed by atoms with van der Waals surface area (Å²) in [5, 5.41) is 83.1. The monoisotopic (exact) mass is 532 g/mol. The molecular weight excluding hydrogens is 500 g/mol. The van der Waals surface area contributed by atoms with E-state index in [1.54, 1.807) is 0 Å². The van der Waals surface area contributed by atoms with E-state index in [4.69, 9.17) is 9.47 Å². The first-order valence-electron chi connectivity index (χ1n) is 11.7. The largest absolute Gasteiger partial charge is 0.394 e. The molecule has 8 N–H and O–H groups in total. The molecule has 208 valence electrons. The van der Waals surface area contributed by atoms with Crippen LogP contribution < -0.4 is 0 Å². The molecular formula is C23H32O14. The van der Waals surface area contributed by atoms with E-state index in [1.165, 1.54) is 19.9 Å². The molecule has 0 bridgehead atoms. The lowest BCUT2D eigenvalue weighted by molar-refractivity contribution is -0.264. The van der Waals surface area contributed by atoms with Gasteiger partial charge >= 0.3 is 0 Å². The molecule has 3 aliphatic rings. The summed E-state index contributed by atoms with van der Waals surface area (Å²) in [7, 11) is 0. The van der Waals surface area contributed by atoms with Crippen LogP contribution in [0.25, 0.3) is 0 Å². The molecule has 13 atom stereocenters. The van der Waals surface area contributed by atoms with E-state index < -0.39 is 115 Å². The lowest BCUT2D eigenvalue weighted by Crippen LogP contribution is -2.75. The lowest BCUT2D eigenvalue weighted by atomic mass is 9.62. The topological polar surface area (TPSA) is 249 Å². The first-order valence-corrected chi connectivity index (χ1v) is 11.7. The van der Waals surface area contributed by atoms with E-state index in [2.05, 4.69) is 0 Å². The summed E-state index contributed by atoms with van der Waals surface area (Å²) in [6.07, 6.45) is -15.0. The molecule has 2 heterocycles. The molecule has 1 saturated carbocycles. The number of aliphatic hydroxyl groups is 8. The summed E-state index contributed by atoms with van der Waals surface area (Å²) in [5.41, 5.74) is -3.51. The summed E-state index contributed by atoms with van der Waals surface area (Å²) in [4.78, 5) is 53.0. The smallest absolute Gasteiger partial charge is 0.212 e. The number of rotatable bonds is 6. The van der Waals surface area contributed by atoms with Crippen LogP contribution in [0.5, 0.6) is 0 Å². The van der Waals surface area contributed by atoms with Crippen molar-refractivity contribution in [3.8, 4) is 0 Å². The Hall–Kier alpha value is -1.98. The Morgan fingerprint density at radius 1 is 1.05 bits per heavy atom. The van der Waals surface area contributed by atoms with Gasteiger partial charge in [0.15, 0.2) is 23.1 Å². The van der Waals surface area contributed by atoms with Crippen molar-refractivity contribution in [2.24, 2.45) is 17.8 Å². The zero-order valence-electron chi connectivity index (χ0n) is 20.0. The van der Waals surface area contributed by atoms with Crippen LogP contribution in [0.2, 0.25) is 0 Å². The van der Waals surface area contributed by atoms with Gasteiger partial charge in [-0.3, -0.25) is 19.2 Å². The van der Waals surface area contributed by atoms with E-state index in [1.807, 2.05) is 0 Å². The molecule has 13 unspecified atom stereocenters. The van der Waals surface area contributed by atoms with Crippen molar-refractivity contribution in [2.75, 3.05) is 13.2 Å². The Morgan fingerprint density at radius 3 is 2.24 bits per heavy atom. The van der Waals surface area contributed by atoms with Crippen molar-refractivity contribution < 1.29 is 69.5 Å². The Kier molecular flexibility index (Phi) is 8.81. The predicted octanol–water partition coefficient (Wildman–Crippen LogP) is -5.22. The summed E-state index contributed by atoms with van der Waals surface area (Å²) < 4.78 is 10.5. The summed E-state index contributed by atoms with van der Waals surface area (Å²) in [5.74, 6) is -11.6. The standard InChI is InChI=1S/C23H32O14/c1-3-4-8(25)11-15(29)12(16(30)19-13(27)7(2)9(26)6-36-19)21(34)23(35,20(11)33)22-18(32)17(31)14(28)10(5-24)37-22/h3-4,7,9-14,16-19,22,24,26-28,30-32,35H,5-6H2,1-2H3. The molecule has 0 aromatic rings. The third-order valence-electron chi connectivity index (χ3n) is 7.43. The fourth-order valence-corrected chi connectivity index (χ4v) is 5.07. The number of aliphatic hydroxyl groups excluding tert-OH is 7. The van der Waals surface area contributed by atoms with Gasteiger partial charge in [0, 0.05) is 5.92 Å². The Bertz CT molecular complexity index is 948. The molecule has 14 heteroatoms. The quantitative estimate of drug-likeness (QED) is 0.118. The highest BCUT2D eigenvalue weighted by atomic mass is 16.6. The van der Waals surface area contributed by atoms with Crippen molar-refractivity contribution in [3.63, 3.8) is 0 Å². The maximum atomic E-state index is 13.6. The SMILES string of the molecule is CC=CC(=O)C1C(=O)C(C(O)C2OCC(O)C(C)C2O)C(=O)C(O)(C2OC(CO)C(O)C(O)C2O)C1=O. The van der Waals surface area contributed by atoms with E-state index in [-0.39, 0.29) is 0 Å².